The van der Waals surface area contributed by atoms with E-state index in [1.807, 2.05) is 0 Å². The van der Waals surface area contributed by atoms with Gasteiger partial charge in [-0.05, 0) is 167 Å². The number of para-hydroxylation sites is 2. The Balaban J connectivity index is 0.853. The Labute approximate surface area is 548 Å². The maximum Gasteiger partial charge on any atom is 0.0641 e. The van der Waals surface area contributed by atoms with Gasteiger partial charge in [0.2, 0.25) is 0 Å². The molecule has 19 rings (SSSR count). The van der Waals surface area contributed by atoms with Crippen LogP contribution in [0.2, 0.25) is 0 Å². The van der Waals surface area contributed by atoms with E-state index in [4.69, 9.17) is 0 Å². The van der Waals surface area contributed by atoms with Gasteiger partial charge in [0, 0.05) is 65.6 Å². The molecule has 94 heavy (non-hydrogen) atoms. The second-order valence-electron chi connectivity index (χ2n) is 26.8. The van der Waals surface area contributed by atoms with Crippen molar-refractivity contribution >= 4 is 110 Å². The van der Waals surface area contributed by atoms with Crippen molar-refractivity contribution in [3.63, 3.8) is 0 Å². The molecule has 0 bridgehead atoms. The SMILES string of the molecule is c1ccc(-c2cccc(N(c3ccc(C4CCCCC4)cc3-c3ccccc3)c3ccc4c5cc6c(cc5n5c7ccccc7c3c45)c3ccc(N(c4cccc(-c5ccccc5)c4)c4ccc(C5CCCCC5)cc4-c4ccccc4)c4c5ccccc5n6c34)c2)cc1. The van der Waals surface area contributed by atoms with Crippen LogP contribution in [0.4, 0.5) is 34.1 Å². The van der Waals surface area contributed by atoms with Crippen LogP contribution in [0.5, 0.6) is 0 Å². The number of anilines is 6. The van der Waals surface area contributed by atoms with Crippen LogP contribution < -0.4 is 9.80 Å². The summed E-state index contributed by atoms with van der Waals surface area (Å²) in [6, 6.07) is 110. The summed E-state index contributed by atoms with van der Waals surface area (Å²) in [7, 11) is 0. The summed E-state index contributed by atoms with van der Waals surface area (Å²) in [5.41, 5.74) is 26.9. The monoisotopic (exact) mass is 1210 g/mol. The third-order valence-electron chi connectivity index (χ3n) is 21.5. The molecule has 13 aromatic carbocycles. The highest BCUT2D eigenvalue weighted by atomic mass is 15.2. The summed E-state index contributed by atoms with van der Waals surface area (Å²) in [5, 5.41) is 9.99. The number of aromatic nitrogens is 2. The van der Waals surface area contributed by atoms with E-state index in [1.165, 1.54) is 207 Å². The van der Waals surface area contributed by atoms with Crippen molar-refractivity contribution in [2.75, 3.05) is 9.80 Å². The van der Waals surface area contributed by atoms with Gasteiger partial charge < -0.3 is 18.6 Å². The summed E-state index contributed by atoms with van der Waals surface area (Å²) in [6.45, 7) is 0. The Hall–Kier alpha value is -10.9. The van der Waals surface area contributed by atoms with Crippen molar-refractivity contribution in [3.8, 4) is 44.5 Å². The van der Waals surface area contributed by atoms with Gasteiger partial charge in [-0.1, -0.05) is 245 Å². The van der Waals surface area contributed by atoms with Gasteiger partial charge in [-0.3, -0.25) is 0 Å². The van der Waals surface area contributed by atoms with Crippen LogP contribution in [0.1, 0.15) is 87.2 Å². The largest absolute Gasteiger partial charge is 0.309 e. The molecular weight excluding hydrogens is 1140 g/mol. The molecule has 2 aliphatic rings. The van der Waals surface area contributed by atoms with E-state index >= 15 is 0 Å². The van der Waals surface area contributed by atoms with Crippen LogP contribution in [-0.4, -0.2) is 8.80 Å². The Morgan fingerprint density at radius 2 is 0.606 bits per heavy atom. The summed E-state index contributed by atoms with van der Waals surface area (Å²) in [5.74, 6) is 1.12. The second-order valence-corrected chi connectivity index (χ2v) is 26.8. The number of nitrogens with zero attached hydrogens (tertiary/aromatic N) is 4. The van der Waals surface area contributed by atoms with Gasteiger partial charge in [0.25, 0.3) is 0 Å². The predicted molar refractivity (Wildman–Crippen MR) is 399 cm³/mol. The molecule has 0 amide bonds. The lowest BCUT2D eigenvalue weighted by Crippen LogP contribution is -2.13. The van der Waals surface area contributed by atoms with E-state index in [0.29, 0.717) is 11.8 Å². The summed E-state index contributed by atoms with van der Waals surface area (Å²) < 4.78 is 5.20. The van der Waals surface area contributed by atoms with E-state index in [1.54, 1.807) is 0 Å². The van der Waals surface area contributed by atoms with Crippen LogP contribution in [0.15, 0.2) is 291 Å². The van der Waals surface area contributed by atoms with Gasteiger partial charge in [0.15, 0.2) is 0 Å². The Morgan fingerprint density at radius 1 is 0.245 bits per heavy atom. The van der Waals surface area contributed by atoms with Crippen LogP contribution in [-0.2, 0) is 0 Å². The smallest absolute Gasteiger partial charge is 0.0641 e. The molecule has 0 N–H and O–H groups in total. The first-order chi connectivity index (χ1) is 46.7. The molecule has 17 aromatic rings. The van der Waals surface area contributed by atoms with Crippen molar-refractivity contribution < 1.29 is 0 Å². The number of rotatable bonds is 12. The highest BCUT2D eigenvalue weighted by molar-refractivity contribution is 6.32. The molecule has 4 nitrogen and oxygen atoms in total. The Morgan fingerprint density at radius 3 is 1.02 bits per heavy atom. The maximum atomic E-state index is 2.60. The third kappa shape index (κ3) is 8.79. The van der Waals surface area contributed by atoms with E-state index < -0.39 is 0 Å². The molecule has 2 aliphatic carbocycles. The number of benzene rings is 13. The molecular formula is C90H70N4. The molecule has 2 saturated carbocycles. The van der Waals surface area contributed by atoms with E-state index in [9.17, 15) is 0 Å². The normalized spacial score (nSPS) is 14.3. The molecule has 4 heteroatoms. The first-order valence-corrected chi connectivity index (χ1v) is 34.3. The van der Waals surface area contributed by atoms with Crippen LogP contribution >= 0.6 is 0 Å². The molecule has 2 fully saturated rings. The average Bonchev–Trinajstić information content (AvgIpc) is 1.51. The molecule has 4 heterocycles. The zero-order chi connectivity index (χ0) is 61.8. The van der Waals surface area contributed by atoms with E-state index in [-0.39, 0.29) is 0 Å². The minimum atomic E-state index is 0.562. The number of hydrogen-bond donors (Lipinski definition) is 0. The molecule has 0 unspecified atom stereocenters. The molecule has 4 aromatic heterocycles. The van der Waals surface area contributed by atoms with Crippen LogP contribution in [0.3, 0.4) is 0 Å². The fourth-order valence-electron chi connectivity index (χ4n) is 17.1. The minimum Gasteiger partial charge on any atom is -0.309 e. The summed E-state index contributed by atoms with van der Waals surface area (Å²) in [6.07, 6.45) is 12.8. The lowest BCUT2D eigenvalue weighted by molar-refractivity contribution is 0.444. The average molecular weight is 1210 g/mol. The highest BCUT2D eigenvalue weighted by Gasteiger charge is 2.31. The van der Waals surface area contributed by atoms with Crippen LogP contribution in [0.25, 0.3) is 121 Å². The summed E-state index contributed by atoms with van der Waals surface area (Å²) >= 11 is 0. The molecule has 0 spiro atoms. The standard InChI is InChI=1S/C90H70N4/c1-7-25-59(26-8-1)65-37-23-39-69(53-65)91(81-49-45-67(61-29-11-3-12-30-61)55-75(81)63-33-15-5-16-34-63)83-51-47-71-77-57-86-78(58-85(77)93-79-43-21-19-41-73(79)87(83)89(71)93)72-48-52-84(88-74-42-20-22-44-80(74)94(86)90(72)88)92(70-40-24-38-66(54-70)60-27-9-2-10-28-60)82-50-46-68(62-31-13-4-14-32-62)56-76(82)64-35-17-6-18-36-64/h1-2,5-10,15-28,33-58,61-62H,3-4,11-14,29-32H2. The Bertz CT molecular complexity index is 5340. The zero-order valence-corrected chi connectivity index (χ0v) is 52.7. The lowest BCUT2D eigenvalue weighted by atomic mass is 9.83. The molecule has 0 atom stereocenters. The van der Waals surface area contributed by atoms with Crippen molar-refractivity contribution in [2.45, 2.75) is 76.0 Å². The van der Waals surface area contributed by atoms with Gasteiger partial charge in [-0.2, -0.15) is 0 Å². The second kappa shape index (κ2) is 22.4. The fourth-order valence-corrected chi connectivity index (χ4v) is 17.1. The molecule has 0 radical (unpaired) electrons. The van der Waals surface area contributed by atoms with Gasteiger partial charge in [0.1, 0.15) is 0 Å². The first kappa shape index (κ1) is 54.8. The van der Waals surface area contributed by atoms with Crippen molar-refractivity contribution in [3.05, 3.63) is 302 Å². The van der Waals surface area contributed by atoms with Crippen molar-refractivity contribution in [2.24, 2.45) is 0 Å². The molecule has 0 saturated heterocycles. The first-order valence-electron chi connectivity index (χ1n) is 34.3. The number of fused-ring (bicyclic) bond motifs is 12. The predicted octanol–water partition coefficient (Wildman–Crippen LogP) is 25.7. The van der Waals surface area contributed by atoms with Gasteiger partial charge in [-0.15, -0.1) is 0 Å². The Kier molecular flexibility index (Phi) is 13.1. The third-order valence-corrected chi connectivity index (χ3v) is 21.5. The fraction of sp³-hybridized carbons (Fsp3) is 0.133. The van der Waals surface area contributed by atoms with Crippen molar-refractivity contribution in [1.29, 1.82) is 0 Å². The minimum absolute atomic E-state index is 0.562. The van der Waals surface area contributed by atoms with Crippen molar-refractivity contribution in [1.82, 2.24) is 8.80 Å². The molecule has 450 valence electrons. The zero-order valence-electron chi connectivity index (χ0n) is 52.7. The van der Waals surface area contributed by atoms with E-state index in [0.717, 1.165) is 22.7 Å². The van der Waals surface area contributed by atoms with E-state index in [2.05, 4.69) is 310 Å². The van der Waals surface area contributed by atoms with Crippen LogP contribution in [0, 0.1) is 0 Å². The highest BCUT2D eigenvalue weighted by Crippen LogP contribution is 2.54. The quantitative estimate of drug-likeness (QED) is 0.121. The van der Waals surface area contributed by atoms with Gasteiger partial charge >= 0.3 is 0 Å². The topological polar surface area (TPSA) is 15.3 Å². The maximum absolute atomic E-state index is 2.60. The lowest BCUT2D eigenvalue weighted by Gasteiger charge is -2.30. The van der Waals surface area contributed by atoms with Gasteiger partial charge in [-0.25, -0.2) is 0 Å². The van der Waals surface area contributed by atoms with Gasteiger partial charge in [0.05, 0.1) is 55.8 Å². The molecule has 0 aliphatic heterocycles. The number of hydrogen-bond acceptors (Lipinski definition) is 2. The summed E-state index contributed by atoms with van der Waals surface area (Å²) in [4.78, 5) is 5.17.